The first-order valence-electron chi connectivity index (χ1n) is 9.62. The molecule has 0 saturated heterocycles. The van der Waals surface area contributed by atoms with E-state index in [1.807, 2.05) is 0 Å². The molecule has 1 atom stereocenters. The Morgan fingerprint density at radius 3 is 2.41 bits per heavy atom. The molecule has 1 amide bonds. The molecule has 32 heavy (non-hydrogen) atoms. The second kappa shape index (κ2) is 9.62. The monoisotopic (exact) mass is 450 g/mol. The first-order chi connectivity index (χ1) is 15.2. The highest BCUT2D eigenvalue weighted by molar-refractivity contribution is 5.98. The molecule has 0 aliphatic heterocycles. The number of hydrogen-bond acceptors (Lipinski definition) is 7. The lowest BCUT2D eigenvalue weighted by molar-refractivity contribution is -0.138. The third-order valence-corrected chi connectivity index (χ3v) is 4.61. The lowest BCUT2D eigenvalue weighted by Gasteiger charge is -2.28. The van der Waals surface area contributed by atoms with E-state index in [0.717, 1.165) is 0 Å². The molecule has 0 N–H and O–H groups in total. The Labute approximate surface area is 181 Å². The number of ether oxygens (including phenoxy) is 2. The van der Waals surface area contributed by atoms with E-state index in [0.29, 0.717) is 35.9 Å². The number of aromatic nitrogens is 5. The van der Waals surface area contributed by atoms with Gasteiger partial charge in [0.25, 0.3) is 5.91 Å². The molecule has 3 aromatic rings. The van der Waals surface area contributed by atoms with Gasteiger partial charge in [-0.25, -0.2) is 9.97 Å². The van der Waals surface area contributed by atoms with Crippen LogP contribution in [0.5, 0.6) is 11.8 Å². The van der Waals surface area contributed by atoms with E-state index in [-0.39, 0.29) is 18.5 Å². The van der Waals surface area contributed by atoms with E-state index in [4.69, 9.17) is 9.47 Å². The van der Waals surface area contributed by atoms with Crippen molar-refractivity contribution in [2.24, 2.45) is 0 Å². The van der Waals surface area contributed by atoms with Crippen molar-refractivity contribution >= 4 is 5.91 Å². The van der Waals surface area contributed by atoms with Gasteiger partial charge in [0.1, 0.15) is 12.4 Å². The Morgan fingerprint density at radius 2 is 1.84 bits per heavy atom. The van der Waals surface area contributed by atoms with Crippen molar-refractivity contribution in [2.75, 3.05) is 20.3 Å². The van der Waals surface area contributed by atoms with Gasteiger partial charge in [0, 0.05) is 18.9 Å². The van der Waals surface area contributed by atoms with Crippen LogP contribution < -0.4 is 9.47 Å². The number of carbonyl (C=O) groups excluding carboxylic acids is 1. The average molecular weight is 450 g/mol. The fraction of sp³-hybridized carbons (Fsp3) is 0.350. The molecule has 0 aliphatic rings. The highest BCUT2D eigenvalue weighted by atomic mass is 19.4. The van der Waals surface area contributed by atoms with Gasteiger partial charge in [-0.3, -0.25) is 4.79 Å². The SMILES string of the molecule is CCN(C(=O)c1cc(OC)ccc1-n1nccn1)C(C)COc1ncc(C(F)(F)F)cn1. The van der Waals surface area contributed by atoms with Crippen molar-refractivity contribution in [2.45, 2.75) is 26.1 Å². The molecule has 9 nitrogen and oxygen atoms in total. The average Bonchev–Trinajstić information content (AvgIpc) is 3.32. The number of hydrogen-bond donors (Lipinski definition) is 0. The first kappa shape index (κ1) is 23.0. The van der Waals surface area contributed by atoms with Crippen molar-refractivity contribution in [3.05, 3.63) is 54.1 Å². The molecule has 1 unspecified atom stereocenters. The number of likely N-dealkylation sites (N-methyl/N-ethyl adjacent to an activating group) is 1. The van der Waals surface area contributed by atoms with Crippen LogP contribution in [0.25, 0.3) is 5.69 Å². The number of methoxy groups -OCH3 is 1. The minimum atomic E-state index is -4.53. The number of rotatable bonds is 8. The molecule has 2 aromatic heterocycles. The third kappa shape index (κ3) is 5.13. The maximum absolute atomic E-state index is 13.4. The molecule has 0 spiro atoms. The van der Waals surface area contributed by atoms with Crippen LogP contribution in [0.4, 0.5) is 13.2 Å². The van der Waals surface area contributed by atoms with Crippen molar-refractivity contribution in [3.8, 4) is 17.4 Å². The van der Waals surface area contributed by atoms with Gasteiger partial charge in [-0.1, -0.05) is 0 Å². The molecular formula is C20H21F3N6O3. The van der Waals surface area contributed by atoms with Gasteiger partial charge in [0.05, 0.1) is 42.4 Å². The summed E-state index contributed by atoms with van der Waals surface area (Å²) in [4.78, 5) is 23.4. The van der Waals surface area contributed by atoms with Gasteiger partial charge in [0.15, 0.2) is 0 Å². The number of amides is 1. The fourth-order valence-corrected chi connectivity index (χ4v) is 2.96. The number of alkyl halides is 3. The summed E-state index contributed by atoms with van der Waals surface area (Å²) < 4.78 is 48.6. The van der Waals surface area contributed by atoms with Crippen LogP contribution in [-0.4, -0.2) is 62.1 Å². The molecule has 3 rings (SSSR count). The molecule has 0 radical (unpaired) electrons. The van der Waals surface area contributed by atoms with E-state index in [1.54, 1.807) is 36.9 Å². The summed E-state index contributed by atoms with van der Waals surface area (Å²) in [6, 6.07) is 4.31. The molecule has 0 bridgehead atoms. The molecule has 0 aliphatic carbocycles. The molecule has 170 valence electrons. The van der Waals surface area contributed by atoms with E-state index in [9.17, 15) is 18.0 Å². The number of halogens is 3. The Morgan fingerprint density at radius 1 is 1.19 bits per heavy atom. The van der Waals surface area contributed by atoms with Crippen molar-refractivity contribution < 1.29 is 27.4 Å². The van der Waals surface area contributed by atoms with Crippen LogP contribution in [-0.2, 0) is 6.18 Å². The molecule has 12 heteroatoms. The molecule has 1 aromatic carbocycles. The third-order valence-electron chi connectivity index (χ3n) is 4.61. The Kier molecular flexibility index (Phi) is 6.91. The smallest absolute Gasteiger partial charge is 0.419 e. The van der Waals surface area contributed by atoms with Crippen LogP contribution in [0.15, 0.2) is 43.0 Å². The van der Waals surface area contributed by atoms with Gasteiger partial charge < -0.3 is 14.4 Å². The minimum Gasteiger partial charge on any atom is -0.497 e. The largest absolute Gasteiger partial charge is 0.497 e. The second-order valence-corrected chi connectivity index (χ2v) is 6.70. The molecule has 2 heterocycles. The van der Waals surface area contributed by atoms with Gasteiger partial charge in [-0.05, 0) is 32.0 Å². The van der Waals surface area contributed by atoms with Crippen molar-refractivity contribution in [1.29, 1.82) is 0 Å². The lowest BCUT2D eigenvalue weighted by atomic mass is 10.1. The van der Waals surface area contributed by atoms with Crippen LogP contribution in [0.1, 0.15) is 29.8 Å². The maximum Gasteiger partial charge on any atom is 0.419 e. The maximum atomic E-state index is 13.4. The Bertz CT molecular complexity index is 1040. The summed E-state index contributed by atoms with van der Waals surface area (Å²) in [5, 5.41) is 8.18. The normalized spacial score (nSPS) is 12.3. The standard InChI is InChI=1S/C20H21F3N6O3/c1-4-28(13(2)12-32-19-24-10-14(11-25-19)20(21,22)23)18(30)16-9-15(31-3)5-6-17(16)29-26-7-8-27-29/h5-11,13H,4,12H2,1-3H3. The van der Waals surface area contributed by atoms with Crippen molar-refractivity contribution in [1.82, 2.24) is 29.9 Å². The van der Waals surface area contributed by atoms with Crippen LogP contribution in [0.2, 0.25) is 0 Å². The van der Waals surface area contributed by atoms with E-state index >= 15 is 0 Å². The zero-order chi connectivity index (χ0) is 23.3. The predicted molar refractivity (Wildman–Crippen MR) is 107 cm³/mol. The summed E-state index contributed by atoms with van der Waals surface area (Å²) in [6.07, 6.45) is -0.243. The van der Waals surface area contributed by atoms with Crippen LogP contribution in [0, 0.1) is 0 Å². The fourth-order valence-electron chi connectivity index (χ4n) is 2.96. The topological polar surface area (TPSA) is 95.3 Å². The summed E-state index contributed by atoms with van der Waals surface area (Å²) in [5.41, 5.74) is -0.181. The minimum absolute atomic E-state index is 0.0235. The van der Waals surface area contributed by atoms with E-state index < -0.39 is 17.8 Å². The molecular weight excluding hydrogens is 429 g/mol. The summed E-state index contributed by atoms with van der Waals surface area (Å²) in [7, 11) is 1.49. The van der Waals surface area contributed by atoms with Gasteiger partial charge >= 0.3 is 12.2 Å². The lowest BCUT2D eigenvalue weighted by Crippen LogP contribution is -2.42. The van der Waals surface area contributed by atoms with Gasteiger partial charge in [-0.15, -0.1) is 0 Å². The van der Waals surface area contributed by atoms with E-state index in [1.165, 1.54) is 24.3 Å². The van der Waals surface area contributed by atoms with E-state index in [2.05, 4.69) is 20.2 Å². The first-order valence-corrected chi connectivity index (χ1v) is 9.62. The second-order valence-electron chi connectivity index (χ2n) is 6.70. The zero-order valence-electron chi connectivity index (χ0n) is 17.6. The molecule has 0 saturated carbocycles. The Balaban J connectivity index is 1.77. The number of carbonyl (C=O) groups is 1. The number of benzene rings is 1. The van der Waals surface area contributed by atoms with Crippen molar-refractivity contribution in [3.63, 3.8) is 0 Å². The predicted octanol–water partition coefficient (Wildman–Crippen LogP) is 3.01. The summed E-state index contributed by atoms with van der Waals surface area (Å²) in [6.45, 7) is 3.87. The van der Waals surface area contributed by atoms with Gasteiger partial charge in [0.2, 0.25) is 0 Å². The quantitative estimate of drug-likeness (QED) is 0.521. The highest BCUT2D eigenvalue weighted by Crippen LogP contribution is 2.28. The zero-order valence-corrected chi connectivity index (χ0v) is 17.6. The van der Waals surface area contributed by atoms with Crippen LogP contribution in [0.3, 0.4) is 0 Å². The summed E-state index contributed by atoms with van der Waals surface area (Å²) >= 11 is 0. The Hall–Kier alpha value is -3.70. The van der Waals surface area contributed by atoms with Crippen LogP contribution >= 0.6 is 0 Å². The highest BCUT2D eigenvalue weighted by Gasteiger charge is 2.31. The van der Waals surface area contributed by atoms with Gasteiger partial charge in [-0.2, -0.15) is 28.2 Å². The molecule has 0 fully saturated rings. The summed E-state index contributed by atoms with van der Waals surface area (Å²) in [5.74, 6) is 0.172. The number of nitrogens with zero attached hydrogens (tertiary/aromatic N) is 6.